The fourth-order valence-electron chi connectivity index (χ4n) is 1.21. The summed E-state index contributed by atoms with van der Waals surface area (Å²) >= 11 is 0. The van der Waals surface area contributed by atoms with Crippen LogP contribution in [0, 0.1) is 0 Å². The van der Waals surface area contributed by atoms with Crippen molar-refractivity contribution < 1.29 is 8.42 Å². The second-order valence-corrected chi connectivity index (χ2v) is 5.72. The summed E-state index contributed by atoms with van der Waals surface area (Å²) in [6.45, 7) is 3.52. The van der Waals surface area contributed by atoms with E-state index in [-0.39, 0.29) is 17.5 Å². The minimum atomic E-state index is -2.90. The maximum absolute atomic E-state index is 11.3. The number of aromatic nitrogens is 1. The molecule has 0 aliphatic heterocycles. The number of hydrogen-bond donors (Lipinski definition) is 1. The zero-order chi connectivity index (χ0) is 10.6. The van der Waals surface area contributed by atoms with Crippen LogP contribution < -0.4 is 5.43 Å². The number of hydrogen-bond acceptors (Lipinski definition) is 3. The van der Waals surface area contributed by atoms with E-state index in [4.69, 9.17) is 0 Å². The molecule has 1 atom stereocenters. The van der Waals surface area contributed by atoms with Crippen molar-refractivity contribution >= 4 is 9.84 Å². The summed E-state index contributed by atoms with van der Waals surface area (Å²) in [7, 11) is -2.90. The van der Waals surface area contributed by atoms with Gasteiger partial charge in [-0.05, 0) is 19.1 Å². The average molecular weight is 216 g/mol. The monoisotopic (exact) mass is 216 g/mol. The van der Waals surface area contributed by atoms with Crippen molar-refractivity contribution in [2.45, 2.75) is 19.9 Å². The van der Waals surface area contributed by atoms with E-state index in [0.29, 0.717) is 0 Å². The van der Waals surface area contributed by atoms with Crippen LogP contribution in [0.3, 0.4) is 0 Å². The predicted octanol–water partition coefficient (Wildman–Crippen LogP) is 0.855. The van der Waals surface area contributed by atoms with Crippen molar-refractivity contribution in [1.82, 2.24) is 4.68 Å². The summed E-state index contributed by atoms with van der Waals surface area (Å²) in [6.07, 6.45) is 3.68. The molecule has 0 saturated heterocycles. The zero-order valence-corrected chi connectivity index (χ0v) is 9.29. The van der Waals surface area contributed by atoms with Gasteiger partial charge in [0.1, 0.15) is 0 Å². The van der Waals surface area contributed by atoms with Gasteiger partial charge in [0.2, 0.25) is 0 Å². The van der Waals surface area contributed by atoms with Gasteiger partial charge in [-0.15, -0.1) is 0 Å². The normalized spacial score (nSPS) is 13.9. The number of sulfone groups is 1. The quantitative estimate of drug-likeness (QED) is 0.794. The lowest BCUT2D eigenvalue weighted by Crippen LogP contribution is -2.31. The van der Waals surface area contributed by atoms with E-state index >= 15 is 0 Å². The second-order valence-electron chi connectivity index (χ2n) is 3.32. The Balaban J connectivity index is 2.48. The van der Waals surface area contributed by atoms with Crippen molar-refractivity contribution in [2.24, 2.45) is 0 Å². The van der Waals surface area contributed by atoms with Gasteiger partial charge in [0.25, 0.3) is 0 Å². The van der Waals surface area contributed by atoms with Gasteiger partial charge in [-0.1, -0.05) is 6.92 Å². The highest BCUT2D eigenvalue weighted by atomic mass is 32.2. The predicted molar refractivity (Wildman–Crippen MR) is 57.6 cm³/mol. The topological polar surface area (TPSA) is 51.1 Å². The third-order valence-electron chi connectivity index (χ3n) is 1.92. The van der Waals surface area contributed by atoms with Crippen molar-refractivity contribution in [1.29, 1.82) is 0 Å². The van der Waals surface area contributed by atoms with Gasteiger partial charge in [-0.3, -0.25) is 4.68 Å². The molecule has 0 aliphatic carbocycles. The largest absolute Gasteiger partial charge is 0.323 e. The first kappa shape index (κ1) is 11.1. The van der Waals surface area contributed by atoms with Crippen LogP contribution in [0.15, 0.2) is 24.5 Å². The Morgan fingerprint density at radius 2 is 1.93 bits per heavy atom. The second kappa shape index (κ2) is 4.50. The smallest absolute Gasteiger partial charge is 0.152 e. The Kier molecular flexibility index (Phi) is 3.57. The molecule has 0 bridgehead atoms. The molecule has 1 unspecified atom stereocenters. The molecule has 1 aromatic heterocycles. The molecular weight excluding hydrogens is 200 g/mol. The number of nitrogens with one attached hydrogen (secondary N) is 1. The molecule has 0 spiro atoms. The van der Waals surface area contributed by atoms with E-state index in [1.165, 1.54) is 0 Å². The molecule has 1 rings (SSSR count). The molecule has 0 saturated carbocycles. The summed E-state index contributed by atoms with van der Waals surface area (Å²) in [5, 5.41) is 0. The Bertz CT molecular complexity index is 356. The molecule has 0 aromatic carbocycles. The van der Waals surface area contributed by atoms with Gasteiger partial charge in [0.05, 0.1) is 11.8 Å². The number of rotatable bonds is 5. The Hall–Kier alpha value is -0.970. The first-order valence-electron chi connectivity index (χ1n) is 4.63. The fraction of sp³-hybridized carbons (Fsp3) is 0.556. The van der Waals surface area contributed by atoms with Gasteiger partial charge in [0, 0.05) is 18.1 Å². The van der Waals surface area contributed by atoms with E-state index in [0.717, 1.165) is 0 Å². The van der Waals surface area contributed by atoms with E-state index in [9.17, 15) is 8.42 Å². The standard InChI is InChI=1S/C9H16N2O2S/c1-3-14(12,13)8-9(2)10-11-6-4-5-7-11/h4-7,9-10H,3,8H2,1-2H3. The highest BCUT2D eigenvalue weighted by Crippen LogP contribution is 1.96. The molecule has 0 amide bonds. The van der Waals surface area contributed by atoms with E-state index in [1.807, 2.05) is 31.5 Å². The third kappa shape index (κ3) is 3.41. The van der Waals surface area contributed by atoms with Crippen LogP contribution in [-0.2, 0) is 9.84 Å². The Morgan fingerprint density at radius 3 is 2.43 bits per heavy atom. The maximum Gasteiger partial charge on any atom is 0.152 e. The van der Waals surface area contributed by atoms with Gasteiger partial charge in [-0.2, -0.15) is 0 Å². The molecular formula is C9H16N2O2S. The summed E-state index contributed by atoms with van der Waals surface area (Å²) in [5.74, 6) is 0.367. The lowest BCUT2D eigenvalue weighted by atomic mass is 10.4. The first-order chi connectivity index (χ1) is 6.53. The van der Waals surface area contributed by atoms with Crippen LogP contribution in [0.5, 0.6) is 0 Å². The highest BCUT2D eigenvalue weighted by molar-refractivity contribution is 7.91. The third-order valence-corrected chi connectivity index (χ3v) is 3.81. The van der Waals surface area contributed by atoms with Gasteiger partial charge in [0.15, 0.2) is 9.84 Å². The molecule has 1 aromatic rings. The van der Waals surface area contributed by atoms with Crippen LogP contribution >= 0.6 is 0 Å². The average Bonchev–Trinajstić information content (AvgIpc) is 2.55. The Labute approximate surface area is 84.8 Å². The van der Waals surface area contributed by atoms with Crippen LogP contribution in [0.2, 0.25) is 0 Å². The van der Waals surface area contributed by atoms with Crippen molar-refractivity contribution in [3.63, 3.8) is 0 Å². The summed E-state index contributed by atoms with van der Waals surface area (Å²) in [4.78, 5) is 0. The molecule has 1 N–H and O–H groups in total. The fourth-order valence-corrected chi connectivity index (χ4v) is 2.28. The van der Waals surface area contributed by atoms with Gasteiger partial charge >= 0.3 is 0 Å². The SMILES string of the molecule is CCS(=O)(=O)CC(C)Nn1cccc1. The summed E-state index contributed by atoms with van der Waals surface area (Å²) < 4.78 is 24.3. The highest BCUT2D eigenvalue weighted by Gasteiger charge is 2.12. The van der Waals surface area contributed by atoms with Crippen molar-refractivity contribution in [3.05, 3.63) is 24.5 Å². The summed E-state index contributed by atoms with van der Waals surface area (Å²) in [6, 6.07) is 3.69. The molecule has 1 heterocycles. The lowest BCUT2D eigenvalue weighted by Gasteiger charge is -2.15. The number of nitrogens with zero attached hydrogens (tertiary/aromatic N) is 1. The van der Waals surface area contributed by atoms with Crippen LogP contribution in [-0.4, -0.2) is 30.6 Å². The molecule has 5 heteroatoms. The molecule has 80 valence electrons. The Morgan fingerprint density at radius 1 is 1.36 bits per heavy atom. The first-order valence-corrected chi connectivity index (χ1v) is 6.45. The van der Waals surface area contributed by atoms with Crippen LogP contribution in [0.25, 0.3) is 0 Å². The minimum absolute atomic E-state index is 0.0765. The van der Waals surface area contributed by atoms with E-state index in [1.54, 1.807) is 11.6 Å². The van der Waals surface area contributed by atoms with Crippen molar-refractivity contribution in [2.75, 3.05) is 16.9 Å². The zero-order valence-electron chi connectivity index (χ0n) is 8.47. The maximum atomic E-state index is 11.3. The van der Waals surface area contributed by atoms with E-state index < -0.39 is 9.84 Å². The van der Waals surface area contributed by atoms with Crippen LogP contribution in [0.1, 0.15) is 13.8 Å². The van der Waals surface area contributed by atoms with E-state index in [2.05, 4.69) is 5.43 Å². The molecule has 4 nitrogen and oxygen atoms in total. The molecule has 14 heavy (non-hydrogen) atoms. The van der Waals surface area contributed by atoms with Crippen molar-refractivity contribution in [3.8, 4) is 0 Å². The summed E-state index contributed by atoms with van der Waals surface area (Å²) in [5.41, 5.74) is 3.05. The minimum Gasteiger partial charge on any atom is -0.323 e. The lowest BCUT2D eigenvalue weighted by molar-refractivity contribution is 0.589. The van der Waals surface area contributed by atoms with Crippen LogP contribution in [0.4, 0.5) is 0 Å². The van der Waals surface area contributed by atoms with Gasteiger partial charge < -0.3 is 5.43 Å². The molecule has 0 aliphatic rings. The van der Waals surface area contributed by atoms with Gasteiger partial charge in [-0.25, -0.2) is 8.42 Å². The molecule has 0 fully saturated rings. The molecule has 0 radical (unpaired) electrons.